The minimum absolute atomic E-state index is 0.723. The van der Waals surface area contributed by atoms with Crippen molar-refractivity contribution in [1.82, 2.24) is 10.2 Å². The van der Waals surface area contributed by atoms with Crippen molar-refractivity contribution in [2.75, 3.05) is 26.2 Å². The van der Waals surface area contributed by atoms with E-state index in [1.54, 1.807) is 0 Å². The van der Waals surface area contributed by atoms with E-state index >= 15 is 0 Å². The monoisotopic (exact) mass is 252 g/mol. The van der Waals surface area contributed by atoms with Crippen molar-refractivity contribution >= 4 is 0 Å². The standard InChI is InChI=1S/C16H32N2/c1-3-14(2)16-13-18(11-7-10-17-16)12-15-8-5-4-6-9-15/h14-17H,3-13H2,1-2H3. The predicted octanol–water partition coefficient (Wildman–Crippen LogP) is 3.28. The van der Waals surface area contributed by atoms with Gasteiger partial charge in [0.15, 0.2) is 0 Å². The molecule has 2 rings (SSSR count). The molecule has 0 aromatic rings. The molecule has 1 heterocycles. The van der Waals surface area contributed by atoms with Gasteiger partial charge in [0.2, 0.25) is 0 Å². The highest BCUT2D eigenvalue weighted by Crippen LogP contribution is 2.25. The van der Waals surface area contributed by atoms with Gasteiger partial charge in [-0.05, 0) is 44.2 Å². The lowest BCUT2D eigenvalue weighted by Crippen LogP contribution is -2.43. The summed E-state index contributed by atoms with van der Waals surface area (Å²) in [6.07, 6.45) is 10.0. The van der Waals surface area contributed by atoms with Gasteiger partial charge < -0.3 is 10.2 Å². The quantitative estimate of drug-likeness (QED) is 0.826. The second-order valence-corrected chi connectivity index (χ2v) is 6.56. The van der Waals surface area contributed by atoms with Crippen LogP contribution in [0.3, 0.4) is 0 Å². The molecule has 2 unspecified atom stereocenters. The molecule has 1 saturated heterocycles. The predicted molar refractivity (Wildman–Crippen MR) is 78.9 cm³/mol. The molecule has 2 heteroatoms. The van der Waals surface area contributed by atoms with Gasteiger partial charge in [0, 0.05) is 19.1 Å². The molecular formula is C16H32N2. The molecule has 1 aliphatic heterocycles. The third-order valence-corrected chi connectivity index (χ3v) is 5.08. The van der Waals surface area contributed by atoms with Crippen LogP contribution in [0, 0.1) is 11.8 Å². The third-order valence-electron chi connectivity index (χ3n) is 5.08. The van der Waals surface area contributed by atoms with Crippen molar-refractivity contribution < 1.29 is 0 Å². The van der Waals surface area contributed by atoms with Gasteiger partial charge in [-0.25, -0.2) is 0 Å². The van der Waals surface area contributed by atoms with Gasteiger partial charge in [-0.1, -0.05) is 39.5 Å². The topological polar surface area (TPSA) is 15.3 Å². The average Bonchev–Trinajstić information content (AvgIpc) is 2.65. The van der Waals surface area contributed by atoms with Crippen molar-refractivity contribution in [3.8, 4) is 0 Å². The first-order chi connectivity index (χ1) is 8.79. The van der Waals surface area contributed by atoms with E-state index in [1.807, 2.05) is 0 Å². The highest BCUT2D eigenvalue weighted by molar-refractivity contribution is 4.81. The number of hydrogen-bond donors (Lipinski definition) is 1. The van der Waals surface area contributed by atoms with E-state index in [1.165, 1.54) is 71.1 Å². The Bertz CT molecular complexity index is 223. The second kappa shape index (κ2) is 7.49. The molecule has 2 fully saturated rings. The molecular weight excluding hydrogens is 220 g/mol. The molecule has 0 radical (unpaired) electrons. The first-order valence-corrected chi connectivity index (χ1v) is 8.25. The fraction of sp³-hybridized carbons (Fsp3) is 1.00. The SMILES string of the molecule is CCC(C)C1CN(CC2CCCCC2)CCCN1. The second-order valence-electron chi connectivity index (χ2n) is 6.56. The summed E-state index contributed by atoms with van der Waals surface area (Å²) in [5, 5.41) is 3.76. The van der Waals surface area contributed by atoms with Crippen molar-refractivity contribution in [2.45, 2.75) is 64.8 Å². The molecule has 1 saturated carbocycles. The third kappa shape index (κ3) is 4.24. The molecule has 2 nitrogen and oxygen atoms in total. The smallest absolute Gasteiger partial charge is 0.0220 e. The molecule has 106 valence electrons. The Balaban J connectivity index is 1.82. The Morgan fingerprint density at radius 3 is 2.67 bits per heavy atom. The van der Waals surface area contributed by atoms with Gasteiger partial charge in [-0.3, -0.25) is 0 Å². The molecule has 0 aromatic heterocycles. The molecule has 0 spiro atoms. The lowest BCUT2D eigenvalue weighted by molar-refractivity contribution is 0.184. The van der Waals surface area contributed by atoms with Gasteiger partial charge in [-0.15, -0.1) is 0 Å². The Kier molecular flexibility index (Phi) is 5.97. The van der Waals surface area contributed by atoms with E-state index in [4.69, 9.17) is 0 Å². The van der Waals surface area contributed by atoms with Crippen LogP contribution in [0.1, 0.15) is 58.8 Å². The van der Waals surface area contributed by atoms with Gasteiger partial charge in [-0.2, -0.15) is 0 Å². The highest BCUT2D eigenvalue weighted by Gasteiger charge is 2.24. The van der Waals surface area contributed by atoms with Gasteiger partial charge in [0.1, 0.15) is 0 Å². The summed E-state index contributed by atoms with van der Waals surface area (Å²) < 4.78 is 0. The minimum Gasteiger partial charge on any atom is -0.312 e. The fourth-order valence-corrected chi connectivity index (χ4v) is 3.59. The first kappa shape index (κ1) is 14.3. The molecule has 2 aliphatic rings. The Morgan fingerprint density at radius 2 is 1.94 bits per heavy atom. The van der Waals surface area contributed by atoms with E-state index in [-0.39, 0.29) is 0 Å². The highest BCUT2D eigenvalue weighted by atomic mass is 15.2. The van der Waals surface area contributed by atoms with Gasteiger partial charge in [0.05, 0.1) is 0 Å². The van der Waals surface area contributed by atoms with Crippen molar-refractivity contribution in [3.05, 3.63) is 0 Å². The summed E-state index contributed by atoms with van der Waals surface area (Å²) in [6, 6.07) is 0.723. The van der Waals surface area contributed by atoms with Crippen LogP contribution in [0.2, 0.25) is 0 Å². The normalized spacial score (nSPS) is 30.0. The molecule has 0 aromatic carbocycles. The van der Waals surface area contributed by atoms with E-state index < -0.39 is 0 Å². The zero-order chi connectivity index (χ0) is 12.8. The molecule has 18 heavy (non-hydrogen) atoms. The van der Waals surface area contributed by atoms with Crippen LogP contribution in [0.25, 0.3) is 0 Å². The Labute approximate surface area is 114 Å². The summed E-state index contributed by atoms with van der Waals surface area (Å²) in [7, 11) is 0. The molecule has 1 N–H and O–H groups in total. The number of rotatable bonds is 4. The summed E-state index contributed by atoms with van der Waals surface area (Å²) in [6.45, 7) is 9.91. The van der Waals surface area contributed by atoms with Crippen LogP contribution in [0.15, 0.2) is 0 Å². The van der Waals surface area contributed by atoms with Crippen LogP contribution in [-0.2, 0) is 0 Å². The zero-order valence-corrected chi connectivity index (χ0v) is 12.5. The Morgan fingerprint density at radius 1 is 1.17 bits per heavy atom. The molecule has 0 amide bonds. The summed E-state index contributed by atoms with van der Waals surface area (Å²) in [5.74, 6) is 1.81. The fourth-order valence-electron chi connectivity index (χ4n) is 3.59. The molecule has 1 aliphatic carbocycles. The minimum atomic E-state index is 0.723. The van der Waals surface area contributed by atoms with Crippen LogP contribution >= 0.6 is 0 Å². The maximum absolute atomic E-state index is 3.76. The van der Waals surface area contributed by atoms with Crippen LogP contribution in [-0.4, -0.2) is 37.1 Å². The summed E-state index contributed by atoms with van der Waals surface area (Å²) >= 11 is 0. The molecule has 0 bridgehead atoms. The summed E-state index contributed by atoms with van der Waals surface area (Å²) in [4.78, 5) is 2.76. The maximum atomic E-state index is 3.76. The largest absolute Gasteiger partial charge is 0.312 e. The first-order valence-electron chi connectivity index (χ1n) is 8.25. The van der Waals surface area contributed by atoms with Crippen LogP contribution in [0.5, 0.6) is 0 Å². The van der Waals surface area contributed by atoms with E-state index in [9.17, 15) is 0 Å². The van der Waals surface area contributed by atoms with Gasteiger partial charge >= 0.3 is 0 Å². The zero-order valence-electron chi connectivity index (χ0n) is 12.5. The van der Waals surface area contributed by atoms with E-state index in [0.717, 1.165) is 17.9 Å². The number of nitrogens with one attached hydrogen (secondary N) is 1. The van der Waals surface area contributed by atoms with E-state index in [2.05, 4.69) is 24.1 Å². The average molecular weight is 252 g/mol. The van der Waals surface area contributed by atoms with Crippen molar-refractivity contribution in [3.63, 3.8) is 0 Å². The van der Waals surface area contributed by atoms with Crippen LogP contribution in [0.4, 0.5) is 0 Å². The Hall–Kier alpha value is -0.0800. The van der Waals surface area contributed by atoms with Gasteiger partial charge in [0.25, 0.3) is 0 Å². The lowest BCUT2D eigenvalue weighted by atomic mass is 9.88. The maximum Gasteiger partial charge on any atom is 0.0220 e. The van der Waals surface area contributed by atoms with Crippen LogP contribution < -0.4 is 5.32 Å². The number of hydrogen-bond acceptors (Lipinski definition) is 2. The van der Waals surface area contributed by atoms with Crippen molar-refractivity contribution in [2.24, 2.45) is 11.8 Å². The summed E-state index contributed by atoms with van der Waals surface area (Å²) in [5.41, 5.74) is 0. The lowest BCUT2D eigenvalue weighted by Gasteiger charge is -2.32. The number of nitrogens with zero attached hydrogens (tertiary/aromatic N) is 1. The molecule has 2 atom stereocenters. The van der Waals surface area contributed by atoms with E-state index in [0.29, 0.717) is 0 Å². The van der Waals surface area contributed by atoms with Crippen molar-refractivity contribution in [1.29, 1.82) is 0 Å².